The predicted octanol–water partition coefficient (Wildman–Crippen LogP) is 6.29. The average molecular weight is 483 g/mol. The first kappa shape index (κ1) is 24.9. The van der Waals surface area contributed by atoms with Gasteiger partial charge in [0.25, 0.3) is 0 Å². The molecule has 5 nitrogen and oxygen atoms in total. The van der Waals surface area contributed by atoms with Crippen LogP contribution in [-0.2, 0) is 22.1 Å². The number of fused-ring (bicyclic) bond motifs is 1. The minimum absolute atomic E-state index is 0.336. The standard InChI is InChI=1S/C24H26ClF3N2O3/c1-14(15-5-9-17(10-6-15)24(26,27)28)30-20-13-18(25)11-7-16(20)8-12-19(21(30)31)29-22(32)33-23(2,3)4/h5-7,9-11,13-14,19H,8,12H2,1-4H3,(H,29,32)/t14-,19+/m0/s1. The summed E-state index contributed by atoms with van der Waals surface area (Å²) in [4.78, 5) is 27.4. The van der Waals surface area contributed by atoms with Gasteiger partial charge in [-0.05, 0) is 75.9 Å². The zero-order valence-electron chi connectivity index (χ0n) is 18.8. The lowest BCUT2D eigenvalue weighted by molar-refractivity contribution is -0.137. The SMILES string of the molecule is C[C@@H](c1ccc(C(F)(F)F)cc1)N1C(=O)[C@H](NC(=O)OC(C)(C)C)CCc2ccc(Cl)cc21. The molecule has 1 N–H and O–H groups in total. The molecule has 0 saturated carbocycles. The van der Waals surface area contributed by atoms with Crippen molar-refractivity contribution >= 4 is 29.3 Å². The molecule has 0 aliphatic carbocycles. The summed E-state index contributed by atoms with van der Waals surface area (Å²) in [5, 5.41) is 3.07. The van der Waals surface area contributed by atoms with E-state index in [9.17, 15) is 22.8 Å². The van der Waals surface area contributed by atoms with Gasteiger partial charge >= 0.3 is 12.3 Å². The van der Waals surface area contributed by atoms with E-state index in [1.807, 2.05) is 6.07 Å². The van der Waals surface area contributed by atoms with Crippen LogP contribution in [0.3, 0.4) is 0 Å². The van der Waals surface area contributed by atoms with Crippen LogP contribution in [0.4, 0.5) is 23.7 Å². The summed E-state index contributed by atoms with van der Waals surface area (Å²) >= 11 is 6.21. The number of amides is 2. The number of aryl methyl sites for hydroxylation is 1. The number of nitrogens with zero attached hydrogens (tertiary/aromatic N) is 1. The van der Waals surface area contributed by atoms with E-state index in [1.165, 1.54) is 17.0 Å². The molecule has 178 valence electrons. The third-order valence-corrected chi connectivity index (χ3v) is 5.58. The van der Waals surface area contributed by atoms with Gasteiger partial charge in [0.1, 0.15) is 11.6 Å². The molecular formula is C24H26ClF3N2O3. The summed E-state index contributed by atoms with van der Waals surface area (Å²) in [7, 11) is 0. The second-order valence-electron chi connectivity index (χ2n) is 9.01. The number of halogens is 4. The van der Waals surface area contributed by atoms with Gasteiger partial charge in [-0.15, -0.1) is 0 Å². The van der Waals surface area contributed by atoms with Crippen molar-refractivity contribution in [1.82, 2.24) is 5.32 Å². The summed E-state index contributed by atoms with van der Waals surface area (Å²) in [5.41, 5.74) is 0.420. The topological polar surface area (TPSA) is 58.6 Å². The van der Waals surface area contributed by atoms with Crippen LogP contribution in [0.1, 0.15) is 56.8 Å². The van der Waals surface area contributed by atoms with E-state index >= 15 is 0 Å². The number of anilines is 1. The van der Waals surface area contributed by atoms with Crippen LogP contribution in [0.15, 0.2) is 42.5 Å². The Kier molecular flexibility index (Phi) is 6.98. The largest absolute Gasteiger partial charge is 0.444 e. The van der Waals surface area contributed by atoms with Gasteiger partial charge in [0.05, 0.1) is 11.6 Å². The minimum Gasteiger partial charge on any atom is -0.444 e. The quantitative estimate of drug-likeness (QED) is 0.559. The second-order valence-corrected chi connectivity index (χ2v) is 9.45. The summed E-state index contributed by atoms with van der Waals surface area (Å²) in [6.45, 7) is 6.88. The molecule has 2 aromatic carbocycles. The number of hydrogen-bond acceptors (Lipinski definition) is 3. The molecule has 0 aromatic heterocycles. The predicted molar refractivity (Wildman–Crippen MR) is 120 cm³/mol. The fraction of sp³-hybridized carbons (Fsp3) is 0.417. The molecule has 1 heterocycles. The van der Waals surface area contributed by atoms with Crippen LogP contribution < -0.4 is 10.2 Å². The van der Waals surface area contributed by atoms with Crippen LogP contribution in [0.2, 0.25) is 5.02 Å². The van der Waals surface area contributed by atoms with Crippen molar-refractivity contribution < 1.29 is 27.5 Å². The van der Waals surface area contributed by atoms with Crippen LogP contribution in [0, 0.1) is 0 Å². The maximum absolute atomic E-state index is 13.6. The smallest absolute Gasteiger partial charge is 0.416 e. The highest BCUT2D eigenvalue weighted by Gasteiger charge is 2.36. The first-order valence-electron chi connectivity index (χ1n) is 10.5. The Morgan fingerprint density at radius 3 is 2.36 bits per heavy atom. The summed E-state index contributed by atoms with van der Waals surface area (Å²) < 4.78 is 44.3. The van der Waals surface area contributed by atoms with Crippen LogP contribution in [0.5, 0.6) is 0 Å². The first-order valence-corrected chi connectivity index (χ1v) is 10.9. The Bertz CT molecular complexity index is 1030. The summed E-state index contributed by atoms with van der Waals surface area (Å²) in [6, 6.07) is 8.39. The van der Waals surface area contributed by atoms with E-state index < -0.39 is 41.4 Å². The Hall–Kier alpha value is -2.74. The highest BCUT2D eigenvalue weighted by molar-refractivity contribution is 6.31. The fourth-order valence-corrected chi connectivity index (χ4v) is 3.93. The van der Waals surface area contributed by atoms with Gasteiger partial charge in [0.15, 0.2) is 0 Å². The Balaban J connectivity index is 1.97. The molecule has 3 rings (SSSR count). The maximum atomic E-state index is 13.6. The molecule has 9 heteroatoms. The Morgan fingerprint density at radius 2 is 1.79 bits per heavy atom. The van der Waals surface area contributed by atoms with Gasteiger partial charge in [-0.2, -0.15) is 13.2 Å². The van der Waals surface area contributed by atoms with Crippen molar-refractivity contribution in [3.8, 4) is 0 Å². The van der Waals surface area contributed by atoms with Crippen molar-refractivity contribution in [2.24, 2.45) is 0 Å². The number of rotatable bonds is 3. The van der Waals surface area contributed by atoms with Gasteiger partial charge in [0.2, 0.25) is 5.91 Å². The van der Waals surface area contributed by atoms with Gasteiger partial charge in [0, 0.05) is 10.7 Å². The highest BCUT2D eigenvalue weighted by atomic mass is 35.5. The number of carbonyl (C=O) groups is 2. The second kappa shape index (κ2) is 9.25. The van der Waals surface area contributed by atoms with E-state index in [-0.39, 0.29) is 0 Å². The highest BCUT2D eigenvalue weighted by Crippen LogP contribution is 2.37. The molecule has 2 atom stereocenters. The van der Waals surface area contributed by atoms with Crippen molar-refractivity contribution in [1.29, 1.82) is 0 Å². The first-order chi connectivity index (χ1) is 15.3. The van der Waals surface area contributed by atoms with E-state index in [0.29, 0.717) is 29.1 Å². The molecule has 0 unspecified atom stereocenters. The lowest BCUT2D eigenvalue weighted by Gasteiger charge is -2.32. The van der Waals surface area contributed by atoms with Gasteiger partial charge in [-0.1, -0.05) is 29.8 Å². The van der Waals surface area contributed by atoms with E-state index in [2.05, 4.69) is 5.32 Å². The van der Waals surface area contributed by atoms with Crippen LogP contribution in [0.25, 0.3) is 0 Å². The molecule has 33 heavy (non-hydrogen) atoms. The lowest BCUT2D eigenvalue weighted by Crippen LogP contribution is -2.49. The maximum Gasteiger partial charge on any atom is 0.416 e. The molecule has 1 aliphatic rings. The van der Waals surface area contributed by atoms with Crippen LogP contribution in [-0.4, -0.2) is 23.6 Å². The zero-order chi connectivity index (χ0) is 24.6. The number of alkyl halides is 3. The normalized spacial score (nSPS) is 17.8. The molecule has 2 amide bonds. The molecule has 0 fully saturated rings. The molecule has 0 saturated heterocycles. The van der Waals surface area contributed by atoms with E-state index in [1.54, 1.807) is 39.8 Å². The molecule has 0 spiro atoms. The number of nitrogens with one attached hydrogen (secondary N) is 1. The Labute approximate surface area is 195 Å². The van der Waals surface area contributed by atoms with Gasteiger partial charge in [-0.25, -0.2) is 4.79 Å². The van der Waals surface area contributed by atoms with Crippen molar-refractivity contribution in [2.45, 2.75) is 64.4 Å². The van der Waals surface area contributed by atoms with Crippen molar-refractivity contribution in [2.75, 3.05) is 4.90 Å². The Morgan fingerprint density at radius 1 is 1.15 bits per heavy atom. The third kappa shape index (κ3) is 5.99. The average Bonchev–Trinajstić information content (AvgIpc) is 2.82. The molecule has 1 aliphatic heterocycles. The molecule has 2 aromatic rings. The van der Waals surface area contributed by atoms with Gasteiger partial charge < -0.3 is 15.0 Å². The lowest BCUT2D eigenvalue weighted by atomic mass is 10.0. The fourth-order valence-electron chi connectivity index (χ4n) is 3.77. The molecule has 0 bridgehead atoms. The van der Waals surface area contributed by atoms with E-state index in [0.717, 1.165) is 17.7 Å². The third-order valence-electron chi connectivity index (χ3n) is 5.34. The zero-order valence-corrected chi connectivity index (χ0v) is 19.6. The minimum atomic E-state index is -4.46. The number of hydrogen-bond donors (Lipinski definition) is 1. The molecule has 0 radical (unpaired) electrons. The van der Waals surface area contributed by atoms with E-state index in [4.69, 9.17) is 16.3 Å². The monoisotopic (exact) mass is 482 g/mol. The van der Waals surface area contributed by atoms with Crippen LogP contribution >= 0.6 is 11.6 Å². The number of ether oxygens (including phenoxy) is 1. The summed E-state index contributed by atoms with van der Waals surface area (Å²) in [6.07, 6.45) is -4.34. The molecular weight excluding hydrogens is 457 g/mol. The summed E-state index contributed by atoms with van der Waals surface area (Å²) in [5.74, 6) is -0.394. The number of benzene rings is 2. The number of alkyl carbamates (subject to hydrolysis) is 1. The van der Waals surface area contributed by atoms with Crippen molar-refractivity contribution in [3.63, 3.8) is 0 Å². The number of carbonyl (C=O) groups excluding carboxylic acids is 2. The van der Waals surface area contributed by atoms with Gasteiger partial charge in [-0.3, -0.25) is 4.79 Å². The van der Waals surface area contributed by atoms with Crippen molar-refractivity contribution in [3.05, 3.63) is 64.2 Å².